The van der Waals surface area contributed by atoms with Gasteiger partial charge in [0.1, 0.15) is 5.69 Å². The number of halogens is 1. The van der Waals surface area contributed by atoms with Gasteiger partial charge in [0.2, 0.25) is 0 Å². The zero-order valence-electron chi connectivity index (χ0n) is 10.8. The molecular weight excluding hydrogens is 290 g/mol. The highest BCUT2D eigenvalue weighted by molar-refractivity contribution is 7.80. The summed E-state index contributed by atoms with van der Waals surface area (Å²) in [6, 6.07) is 15.8. The van der Waals surface area contributed by atoms with Gasteiger partial charge in [0, 0.05) is 16.0 Å². The van der Waals surface area contributed by atoms with Crippen LogP contribution in [0.1, 0.15) is 5.56 Å². The monoisotopic (exact) mass is 301 g/mol. The Morgan fingerprint density at radius 3 is 2.50 bits per heavy atom. The molecule has 1 aromatic heterocycles. The van der Waals surface area contributed by atoms with Crippen LogP contribution in [0.3, 0.4) is 0 Å². The fourth-order valence-electron chi connectivity index (χ4n) is 2.08. The number of nitrogens with zero attached hydrogens (tertiary/aromatic N) is 1. The van der Waals surface area contributed by atoms with Gasteiger partial charge in [0.05, 0.1) is 0 Å². The maximum absolute atomic E-state index is 5.94. The van der Waals surface area contributed by atoms with Crippen LogP contribution in [0.5, 0.6) is 0 Å². The van der Waals surface area contributed by atoms with Gasteiger partial charge in [0.25, 0.3) is 5.35 Å². The smallest absolute Gasteiger partial charge is 0.293 e. The first-order valence-electron chi connectivity index (χ1n) is 6.17. The van der Waals surface area contributed by atoms with Gasteiger partial charge < -0.3 is 4.42 Å². The Morgan fingerprint density at radius 2 is 1.80 bits per heavy atom. The van der Waals surface area contributed by atoms with Gasteiger partial charge in [-0.25, -0.2) is 0 Å². The maximum atomic E-state index is 5.94. The minimum Gasteiger partial charge on any atom is -0.427 e. The van der Waals surface area contributed by atoms with E-state index in [2.05, 4.69) is 17.6 Å². The van der Waals surface area contributed by atoms with E-state index in [1.807, 2.05) is 55.5 Å². The normalized spacial score (nSPS) is 10.8. The Hall–Kier alpha value is -1.71. The summed E-state index contributed by atoms with van der Waals surface area (Å²) in [6.45, 7) is 2.01. The quantitative estimate of drug-likeness (QED) is 0.653. The lowest BCUT2D eigenvalue weighted by Gasteiger charge is -2.04. The van der Waals surface area contributed by atoms with Gasteiger partial charge in [-0.1, -0.05) is 36.4 Å². The maximum Gasteiger partial charge on any atom is 0.293 e. The lowest BCUT2D eigenvalue weighted by molar-refractivity contribution is 0.574. The summed E-state index contributed by atoms with van der Waals surface area (Å²) in [5.41, 5.74) is 3.75. The number of thiol groups is 1. The predicted molar refractivity (Wildman–Crippen MR) is 84.4 cm³/mol. The van der Waals surface area contributed by atoms with Gasteiger partial charge >= 0.3 is 0 Å². The van der Waals surface area contributed by atoms with Crippen molar-refractivity contribution in [3.63, 3.8) is 0 Å². The molecule has 0 radical (unpaired) electrons. The van der Waals surface area contributed by atoms with Crippen LogP contribution >= 0.6 is 24.2 Å². The Kier molecular flexibility index (Phi) is 3.55. The molecule has 0 saturated heterocycles. The SMILES string of the molecule is Cc1cc(-c2oc(Cl)nc2-c2ccccc2)ccc1S. The van der Waals surface area contributed by atoms with E-state index in [4.69, 9.17) is 16.0 Å². The number of hydrogen-bond donors (Lipinski definition) is 1. The first-order valence-corrected chi connectivity index (χ1v) is 6.99. The van der Waals surface area contributed by atoms with Crippen LogP contribution in [0.15, 0.2) is 57.8 Å². The van der Waals surface area contributed by atoms with Crippen LogP contribution in [0, 0.1) is 6.92 Å². The number of aromatic nitrogens is 1. The fourth-order valence-corrected chi connectivity index (χ4v) is 2.38. The lowest BCUT2D eigenvalue weighted by Crippen LogP contribution is -1.84. The molecular formula is C16H12ClNOS. The molecule has 0 unspecified atom stereocenters. The van der Waals surface area contributed by atoms with Crippen molar-refractivity contribution in [3.8, 4) is 22.6 Å². The van der Waals surface area contributed by atoms with Crippen LogP contribution in [0.2, 0.25) is 5.35 Å². The van der Waals surface area contributed by atoms with Gasteiger partial charge in [-0.2, -0.15) is 4.98 Å². The van der Waals surface area contributed by atoms with E-state index in [1.54, 1.807) is 0 Å². The Balaban J connectivity index is 2.17. The topological polar surface area (TPSA) is 26.0 Å². The van der Waals surface area contributed by atoms with E-state index in [9.17, 15) is 0 Å². The van der Waals surface area contributed by atoms with Crippen molar-refractivity contribution in [1.29, 1.82) is 0 Å². The van der Waals surface area contributed by atoms with E-state index in [0.29, 0.717) is 5.76 Å². The summed E-state index contributed by atoms with van der Waals surface area (Å²) >= 11 is 10.3. The molecule has 0 atom stereocenters. The molecule has 0 aliphatic rings. The Morgan fingerprint density at radius 1 is 1.05 bits per heavy atom. The van der Waals surface area contributed by atoms with Crippen molar-refractivity contribution < 1.29 is 4.42 Å². The molecule has 4 heteroatoms. The molecule has 3 rings (SSSR count). The molecule has 0 amide bonds. The largest absolute Gasteiger partial charge is 0.427 e. The molecule has 1 heterocycles. The molecule has 2 aromatic carbocycles. The van der Waals surface area contributed by atoms with Gasteiger partial charge in [-0.3, -0.25) is 0 Å². The molecule has 0 N–H and O–H groups in total. The summed E-state index contributed by atoms with van der Waals surface area (Å²) in [5, 5.41) is 0.145. The van der Waals surface area contributed by atoms with Crippen LogP contribution in [0.4, 0.5) is 0 Å². The van der Waals surface area contributed by atoms with E-state index in [1.165, 1.54) is 0 Å². The van der Waals surface area contributed by atoms with Gasteiger partial charge in [-0.05, 0) is 36.2 Å². The molecule has 0 aliphatic heterocycles. The third kappa shape index (κ3) is 2.47. The highest BCUT2D eigenvalue weighted by Gasteiger charge is 2.16. The zero-order valence-corrected chi connectivity index (χ0v) is 12.4. The Labute approximate surface area is 127 Å². The molecule has 0 bridgehead atoms. The molecule has 2 nitrogen and oxygen atoms in total. The van der Waals surface area contributed by atoms with E-state index in [0.717, 1.165) is 27.3 Å². The van der Waals surface area contributed by atoms with Crippen molar-refractivity contribution in [2.75, 3.05) is 0 Å². The first-order chi connectivity index (χ1) is 9.65. The summed E-state index contributed by atoms with van der Waals surface area (Å²) in [6.07, 6.45) is 0. The van der Waals surface area contributed by atoms with E-state index in [-0.39, 0.29) is 5.35 Å². The summed E-state index contributed by atoms with van der Waals surface area (Å²) < 4.78 is 5.58. The van der Waals surface area contributed by atoms with Crippen molar-refractivity contribution in [2.45, 2.75) is 11.8 Å². The molecule has 20 heavy (non-hydrogen) atoms. The van der Waals surface area contributed by atoms with Gasteiger partial charge in [-0.15, -0.1) is 12.6 Å². The minimum atomic E-state index is 0.145. The number of benzene rings is 2. The van der Waals surface area contributed by atoms with Crippen molar-refractivity contribution >= 4 is 24.2 Å². The van der Waals surface area contributed by atoms with Gasteiger partial charge in [0.15, 0.2) is 5.76 Å². The predicted octanol–water partition coefficient (Wildman–Crippen LogP) is 5.26. The fraction of sp³-hybridized carbons (Fsp3) is 0.0625. The highest BCUT2D eigenvalue weighted by Crippen LogP contribution is 2.35. The number of aryl methyl sites for hydroxylation is 1. The first kappa shape index (κ1) is 13.3. The second-order valence-electron chi connectivity index (χ2n) is 4.51. The molecule has 100 valence electrons. The summed E-state index contributed by atoms with van der Waals surface area (Å²) in [7, 11) is 0. The second kappa shape index (κ2) is 5.35. The molecule has 3 aromatic rings. The van der Waals surface area contributed by atoms with Crippen LogP contribution in [0.25, 0.3) is 22.6 Å². The van der Waals surface area contributed by atoms with Crippen LogP contribution < -0.4 is 0 Å². The molecule has 0 saturated carbocycles. The number of hydrogen-bond acceptors (Lipinski definition) is 3. The zero-order chi connectivity index (χ0) is 14.1. The summed E-state index contributed by atoms with van der Waals surface area (Å²) in [5.74, 6) is 0.678. The molecule has 0 fully saturated rings. The van der Waals surface area contributed by atoms with Crippen LogP contribution in [-0.2, 0) is 0 Å². The van der Waals surface area contributed by atoms with Crippen LogP contribution in [-0.4, -0.2) is 4.98 Å². The average molecular weight is 302 g/mol. The molecule has 0 aliphatic carbocycles. The van der Waals surface area contributed by atoms with E-state index < -0.39 is 0 Å². The van der Waals surface area contributed by atoms with Crippen molar-refractivity contribution in [3.05, 3.63) is 59.4 Å². The van der Waals surface area contributed by atoms with Crippen molar-refractivity contribution in [2.24, 2.45) is 0 Å². The highest BCUT2D eigenvalue weighted by atomic mass is 35.5. The minimum absolute atomic E-state index is 0.145. The second-order valence-corrected chi connectivity index (χ2v) is 5.32. The van der Waals surface area contributed by atoms with Crippen molar-refractivity contribution in [1.82, 2.24) is 4.98 Å². The number of oxazole rings is 1. The standard InChI is InChI=1S/C16H12ClNOS/c1-10-9-12(7-8-13(10)20)15-14(18-16(17)19-15)11-5-3-2-4-6-11/h2-9,20H,1H3. The third-order valence-electron chi connectivity index (χ3n) is 3.11. The average Bonchev–Trinajstić information content (AvgIpc) is 2.85. The number of rotatable bonds is 2. The Bertz CT molecular complexity index is 752. The summed E-state index contributed by atoms with van der Waals surface area (Å²) in [4.78, 5) is 5.23. The lowest BCUT2D eigenvalue weighted by atomic mass is 10.0. The molecule has 0 spiro atoms. The third-order valence-corrected chi connectivity index (χ3v) is 3.77. The van der Waals surface area contributed by atoms with E-state index >= 15 is 0 Å².